The molecule has 5 nitrogen and oxygen atoms in total. The number of nitrogens with two attached hydrogens (primary N) is 2. The van der Waals surface area contributed by atoms with Crippen LogP contribution in [0.4, 0.5) is 20.3 Å². The molecule has 1 aromatic heterocycles. The Morgan fingerprint density at radius 2 is 2.19 bits per heavy atom. The molecule has 0 aliphatic heterocycles. The van der Waals surface area contributed by atoms with E-state index in [0.717, 1.165) is 6.07 Å². The van der Waals surface area contributed by atoms with E-state index in [1.807, 2.05) is 0 Å². The van der Waals surface area contributed by atoms with Crippen LogP contribution in [0.15, 0.2) is 6.07 Å². The molecular formula is C9H11F2N3O2. The summed E-state index contributed by atoms with van der Waals surface area (Å²) in [5.74, 6) is -0.798. The number of hydrogen-bond acceptors (Lipinski definition) is 5. The minimum atomic E-state index is -2.76. The predicted octanol–water partition coefficient (Wildman–Crippen LogP) is 0.899. The van der Waals surface area contributed by atoms with E-state index in [0.29, 0.717) is 0 Å². The van der Waals surface area contributed by atoms with Gasteiger partial charge in [-0.3, -0.25) is 4.79 Å². The highest BCUT2D eigenvalue weighted by atomic mass is 19.3. The van der Waals surface area contributed by atoms with E-state index in [4.69, 9.17) is 11.5 Å². The summed E-state index contributed by atoms with van der Waals surface area (Å²) in [5, 5.41) is 0. The van der Waals surface area contributed by atoms with Crippen molar-refractivity contribution in [2.45, 2.75) is 12.8 Å². The summed E-state index contributed by atoms with van der Waals surface area (Å²) in [6, 6.07) is 1.05. The lowest BCUT2D eigenvalue weighted by molar-refractivity contribution is -0.139. The number of carbonyl (C=O) groups is 1. The Bertz CT molecular complexity index is 410. The summed E-state index contributed by atoms with van der Waals surface area (Å²) < 4.78 is 29.4. The topological polar surface area (TPSA) is 91.2 Å². The Hall–Kier alpha value is -1.92. The molecule has 0 atom stereocenters. The van der Waals surface area contributed by atoms with Crippen LogP contribution in [-0.4, -0.2) is 18.1 Å². The highest BCUT2D eigenvalue weighted by Gasteiger charge is 2.17. The van der Waals surface area contributed by atoms with Crippen LogP contribution in [0.5, 0.6) is 0 Å². The van der Waals surface area contributed by atoms with Gasteiger partial charge in [0.25, 0.3) is 6.43 Å². The fourth-order valence-corrected chi connectivity index (χ4v) is 1.14. The van der Waals surface area contributed by atoms with Crippen molar-refractivity contribution in [2.75, 3.05) is 18.6 Å². The van der Waals surface area contributed by atoms with Gasteiger partial charge in [0.05, 0.1) is 24.9 Å². The highest BCUT2D eigenvalue weighted by molar-refractivity contribution is 5.73. The largest absolute Gasteiger partial charge is 0.469 e. The van der Waals surface area contributed by atoms with E-state index in [2.05, 4.69) is 9.72 Å². The summed E-state index contributed by atoms with van der Waals surface area (Å²) in [6.45, 7) is 0. The molecule has 0 unspecified atom stereocenters. The van der Waals surface area contributed by atoms with Gasteiger partial charge in [0.15, 0.2) is 0 Å². The van der Waals surface area contributed by atoms with Gasteiger partial charge < -0.3 is 16.2 Å². The van der Waals surface area contributed by atoms with Gasteiger partial charge in [-0.2, -0.15) is 0 Å². The lowest BCUT2D eigenvalue weighted by atomic mass is 10.1. The maximum absolute atomic E-state index is 12.5. The van der Waals surface area contributed by atoms with Crippen molar-refractivity contribution in [3.63, 3.8) is 0 Å². The van der Waals surface area contributed by atoms with Crippen LogP contribution in [0.2, 0.25) is 0 Å². The third-order valence-corrected chi connectivity index (χ3v) is 1.96. The molecule has 0 aromatic carbocycles. The minimum Gasteiger partial charge on any atom is -0.469 e. The minimum absolute atomic E-state index is 0.105. The zero-order chi connectivity index (χ0) is 12.3. The molecule has 0 aliphatic rings. The number of anilines is 2. The van der Waals surface area contributed by atoms with Gasteiger partial charge in [-0.25, -0.2) is 13.8 Å². The predicted molar refractivity (Wildman–Crippen MR) is 53.7 cm³/mol. The smallest absolute Gasteiger partial charge is 0.311 e. The zero-order valence-corrected chi connectivity index (χ0v) is 8.54. The number of carbonyl (C=O) groups excluding carboxylic acids is 1. The van der Waals surface area contributed by atoms with Gasteiger partial charge >= 0.3 is 5.97 Å². The number of aromatic nitrogens is 1. The molecule has 0 saturated carbocycles. The van der Waals surface area contributed by atoms with E-state index in [-0.39, 0.29) is 23.6 Å². The van der Waals surface area contributed by atoms with Crippen molar-refractivity contribution in [3.8, 4) is 0 Å². The summed E-state index contributed by atoms with van der Waals surface area (Å²) in [4.78, 5) is 14.7. The molecular weight excluding hydrogens is 220 g/mol. The summed E-state index contributed by atoms with van der Waals surface area (Å²) in [7, 11) is 1.19. The Morgan fingerprint density at radius 3 is 2.69 bits per heavy atom. The molecule has 0 radical (unpaired) electrons. The molecule has 1 rings (SSSR count). The lowest BCUT2D eigenvalue weighted by Crippen LogP contribution is -2.10. The molecule has 16 heavy (non-hydrogen) atoms. The van der Waals surface area contributed by atoms with Crippen LogP contribution in [0, 0.1) is 0 Å². The van der Waals surface area contributed by atoms with Gasteiger partial charge in [-0.05, 0) is 6.07 Å². The van der Waals surface area contributed by atoms with Crippen molar-refractivity contribution in [3.05, 3.63) is 17.3 Å². The van der Waals surface area contributed by atoms with Crippen LogP contribution in [0.3, 0.4) is 0 Å². The number of alkyl halides is 2. The number of pyridine rings is 1. The number of hydrogen-bond donors (Lipinski definition) is 2. The fourth-order valence-electron chi connectivity index (χ4n) is 1.14. The average Bonchev–Trinajstić information content (AvgIpc) is 2.22. The van der Waals surface area contributed by atoms with E-state index in [9.17, 15) is 13.6 Å². The third kappa shape index (κ3) is 2.56. The van der Waals surface area contributed by atoms with E-state index < -0.39 is 18.0 Å². The first-order valence-electron chi connectivity index (χ1n) is 4.35. The summed E-state index contributed by atoms with van der Waals surface area (Å²) in [6.07, 6.45) is -2.98. The normalized spacial score (nSPS) is 10.5. The van der Waals surface area contributed by atoms with Crippen LogP contribution < -0.4 is 11.5 Å². The molecule has 0 aliphatic carbocycles. The first-order chi connectivity index (χ1) is 7.45. The lowest BCUT2D eigenvalue weighted by Gasteiger charge is -2.09. The zero-order valence-electron chi connectivity index (χ0n) is 8.54. The second-order valence-electron chi connectivity index (χ2n) is 3.06. The first kappa shape index (κ1) is 12.2. The number of methoxy groups -OCH3 is 1. The molecule has 0 amide bonds. The molecule has 0 spiro atoms. The molecule has 1 heterocycles. The molecule has 7 heteroatoms. The van der Waals surface area contributed by atoms with Crippen molar-refractivity contribution in [1.82, 2.24) is 4.98 Å². The van der Waals surface area contributed by atoms with E-state index in [1.54, 1.807) is 0 Å². The molecule has 1 aromatic rings. The molecule has 0 bridgehead atoms. The molecule has 0 saturated heterocycles. The third-order valence-electron chi connectivity index (χ3n) is 1.96. The second-order valence-corrected chi connectivity index (χ2v) is 3.06. The maximum Gasteiger partial charge on any atom is 0.311 e. The molecule has 0 fully saturated rings. The Balaban J connectivity index is 3.09. The quantitative estimate of drug-likeness (QED) is 0.754. The first-order valence-corrected chi connectivity index (χ1v) is 4.35. The number of esters is 1. The Morgan fingerprint density at radius 1 is 1.56 bits per heavy atom. The van der Waals surface area contributed by atoms with Gasteiger partial charge in [0, 0.05) is 5.56 Å². The standard InChI is InChI=1S/C9H11F2N3O2/c1-16-6(15)3-4-2-5(8(10)11)7(12)9(13)14-4/h2,8H,3,12H2,1H3,(H2,13,14). The van der Waals surface area contributed by atoms with Crippen molar-refractivity contribution in [2.24, 2.45) is 0 Å². The van der Waals surface area contributed by atoms with E-state index >= 15 is 0 Å². The average molecular weight is 231 g/mol. The Labute approximate surface area is 90.4 Å². The molecule has 88 valence electrons. The molecule has 4 N–H and O–H groups in total. The van der Waals surface area contributed by atoms with Crippen LogP contribution in [-0.2, 0) is 16.0 Å². The van der Waals surface area contributed by atoms with Gasteiger partial charge in [-0.1, -0.05) is 0 Å². The van der Waals surface area contributed by atoms with Gasteiger partial charge in [-0.15, -0.1) is 0 Å². The van der Waals surface area contributed by atoms with Crippen LogP contribution >= 0.6 is 0 Å². The van der Waals surface area contributed by atoms with Gasteiger partial charge in [0.1, 0.15) is 5.82 Å². The van der Waals surface area contributed by atoms with Gasteiger partial charge in [0.2, 0.25) is 0 Å². The number of rotatable bonds is 3. The van der Waals surface area contributed by atoms with Crippen LogP contribution in [0.1, 0.15) is 17.7 Å². The summed E-state index contributed by atoms with van der Waals surface area (Å²) in [5.41, 5.74) is 10.1. The SMILES string of the molecule is COC(=O)Cc1cc(C(F)F)c(N)c(N)n1. The number of nitrogen functional groups attached to an aromatic ring is 2. The maximum atomic E-state index is 12.5. The summed E-state index contributed by atoms with van der Waals surface area (Å²) >= 11 is 0. The number of ether oxygens (including phenoxy) is 1. The second kappa shape index (κ2) is 4.73. The fraction of sp³-hybridized carbons (Fsp3) is 0.333. The van der Waals surface area contributed by atoms with E-state index in [1.165, 1.54) is 7.11 Å². The highest BCUT2D eigenvalue weighted by Crippen LogP contribution is 2.28. The van der Waals surface area contributed by atoms with Crippen molar-refractivity contribution in [1.29, 1.82) is 0 Å². The Kier molecular flexibility index (Phi) is 3.60. The van der Waals surface area contributed by atoms with Crippen molar-refractivity contribution >= 4 is 17.5 Å². The monoisotopic (exact) mass is 231 g/mol. The van der Waals surface area contributed by atoms with Crippen molar-refractivity contribution < 1.29 is 18.3 Å². The number of nitrogens with zero attached hydrogens (tertiary/aromatic N) is 1. The number of halogens is 2. The van der Waals surface area contributed by atoms with Crippen LogP contribution in [0.25, 0.3) is 0 Å².